The molecule has 0 aliphatic heterocycles. The van der Waals surface area contributed by atoms with Gasteiger partial charge in [0.2, 0.25) is 0 Å². The first-order valence-electron chi connectivity index (χ1n) is 5.14. The molecule has 0 aliphatic carbocycles. The molecule has 0 aromatic heterocycles. The summed E-state index contributed by atoms with van der Waals surface area (Å²) in [5.74, 6) is 0.678. The summed E-state index contributed by atoms with van der Waals surface area (Å²) in [4.78, 5) is 11.2. The second-order valence-corrected chi connectivity index (χ2v) is 3.25. The van der Waals surface area contributed by atoms with Crippen LogP contribution in [0.3, 0.4) is 0 Å². The van der Waals surface area contributed by atoms with E-state index >= 15 is 0 Å². The van der Waals surface area contributed by atoms with Crippen LogP contribution in [0.4, 0.5) is 0 Å². The first-order chi connectivity index (χ1) is 8.69. The standard InChI is InChI=1S/C13H13NO4/c1-16-11-7-10(8-12(9-11)17-2)3-4-13(15)18-6-5-14/h3-4,7-9H,6H2,1-2H3/b4-3+. The van der Waals surface area contributed by atoms with Crippen LogP contribution >= 0.6 is 0 Å². The Hall–Kier alpha value is -2.48. The van der Waals surface area contributed by atoms with Crippen molar-refractivity contribution in [3.8, 4) is 17.6 Å². The van der Waals surface area contributed by atoms with Gasteiger partial charge in [0.15, 0.2) is 6.61 Å². The Kier molecular flexibility index (Phi) is 5.26. The maximum absolute atomic E-state index is 11.2. The fourth-order valence-corrected chi connectivity index (χ4v) is 1.24. The monoisotopic (exact) mass is 247 g/mol. The highest BCUT2D eigenvalue weighted by Gasteiger charge is 2.00. The number of nitrogens with zero attached hydrogens (tertiary/aromatic N) is 1. The maximum Gasteiger partial charge on any atom is 0.331 e. The summed E-state index contributed by atoms with van der Waals surface area (Å²) in [5.41, 5.74) is 0.736. The van der Waals surface area contributed by atoms with E-state index in [0.717, 1.165) is 5.56 Å². The van der Waals surface area contributed by atoms with Crippen LogP contribution in [0.1, 0.15) is 5.56 Å². The van der Waals surface area contributed by atoms with Crippen LogP contribution in [0.2, 0.25) is 0 Å². The van der Waals surface area contributed by atoms with Crippen LogP contribution < -0.4 is 9.47 Å². The highest BCUT2D eigenvalue weighted by atomic mass is 16.5. The second-order valence-electron chi connectivity index (χ2n) is 3.25. The molecule has 5 heteroatoms. The van der Waals surface area contributed by atoms with E-state index in [4.69, 9.17) is 14.7 Å². The van der Waals surface area contributed by atoms with Crippen molar-refractivity contribution in [2.75, 3.05) is 20.8 Å². The molecule has 0 spiro atoms. The fourth-order valence-electron chi connectivity index (χ4n) is 1.24. The number of rotatable bonds is 5. The van der Waals surface area contributed by atoms with Crippen molar-refractivity contribution < 1.29 is 19.0 Å². The third kappa shape index (κ3) is 4.18. The molecule has 0 bridgehead atoms. The predicted molar refractivity (Wildman–Crippen MR) is 65.2 cm³/mol. The van der Waals surface area contributed by atoms with Gasteiger partial charge >= 0.3 is 5.97 Å². The van der Waals surface area contributed by atoms with E-state index in [0.29, 0.717) is 11.5 Å². The molecule has 0 atom stereocenters. The molecule has 0 aliphatic rings. The van der Waals surface area contributed by atoms with Crippen LogP contribution in [0.15, 0.2) is 24.3 Å². The number of nitriles is 1. The highest BCUT2D eigenvalue weighted by Crippen LogP contribution is 2.23. The van der Waals surface area contributed by atoms with Gasteiger partial charge in [0.25, 0.3) is 0 Å². The zero-order chi connectivity index (χ0) is 13.4. The molecule has 0 saturated heterocycles. The van der Waals surface area contributed by atoms with Crippen LogP contribution in [0.5, 0.6) is 11.5 Å². The zero-order valence-electron chi connectivity index (χ0n) is 10.2. The summed E-state index contributed by atoms with van der Waals surface area (Å²) >= 11 is 0. The van der Waals surface area contributed by atoms with Gasteiger partial charge < -0.3 is 14.2 Å². The van der Waals surface area contributed by atoms with Crippen LogP contribution in [-0.4, -0.2) is 26.8 Å². The van der Waals surface area contributed by atoms with E-state index in [-0.39, 0.29) is 6.61 Å². The van der Waals surface area contributed by atoms with Crippen molar-refractivity contribution in [2.24, 2.45) is 0 Å². The van der Waals surface area contributed by atoms with Crippen molar-refractivity contribution >= 4 is 12.0 Å². The van der Waals surface area contributed by atoms with E-state index in [1.807, 2.05) is 0 Å². The van der Waals surface area contributed by atoms with E-state index in [2.05, 4.69) is 4.74 Å². The average Bonchev–Trinajstić information content (AvgIpc) is 2.42. The molecule has 1 aromatic carbocycles. The first kappa shape index (κ1) is 13.6. The van der Waals surface area contributed by atoms with Gasteiger partial charge in [-0.3, -0.25) is 0 Å². The largest absolute Gasteiger partial charge is 0.497 e. The normalized spacial score (nSPS) is 9.83. The Morgan fingerprint density at radius 1 is 1.28 bits per heavy atom. The minimum atomic E-state index is -0.571. The summed E-state index contributed by atoms with van der Waals surface area (Å²) in [6.45, 7) is -0.259. The van der Waals surface area contributed by atoms with Crippen LogP contribution in [0, 0.1) is 11.3 Å². The summed E-state index contributed by atoms with van der Waals surface area (Å²) in [7, 11) is 3.09. The van der Waals surface area contributed by atoms with Crippen molar-refractivity contribution in [3.05, 3.63) is 29.8 Å². The molecule has 0 radical (unpaired) electrons. The van der Waals surface area contributed by atoms with Gasteiger partial charge in [-0.15, -0.1) is 0 Å². The molecule has 0 N–H and O–H groups in total. The summed E-state index contributed by atoms with van der Waals surface area (Å²) in [5, 5.41) is 8.25. The summed E-state index contributed by atoms with van der Waals surface area (Å²) in [6, 6.07) is 6.94. The Morgan fingerprint density at radius 2 is 1.89 bits per heavy atom. The van der Waals surface area contributed by atoms with Gasteiger partial charge in [0.05, 0.1) is 14.2 Å². The van der Waals surface area contributed by atoms with Gasteiger partial charge in [0, 0.05) is 12.1 Å². The number of carbonyl (C=O) groups excluding carboxylic acids is 1. The number of hydrogen-bond acceptors (Lipinski definition) is 5. The molecule has 1 rings (SSSR count). The summed E-state index contributed by atoms with van der Waals surface area (Å²) < 4.78 is 14.8. The Bertz CT molecular complexity index is 466. The number of hydrogen-bond donors (Lipinski definition) is 0. The number of esters is 1. The van der Waals surface area contributed by atoms with Gasteiger partial charge in [-0.25, -0.2) is 4.79 Å². The third-order valence-corrected chi connectivity index (χ3v) is 2.06. The van der Waals surface area contributed by atoms with Gasteiger partial charge in [-0.1, -0.05) is 0 Å². The predicted octanol–water partition coefficient (Wildman–Crippen LogP) is 1.78. The van der Waals surface area contributed by atoms with E-state index < -0.39 is 5.97 Å². The average molecular weight is 247 g/mol. The lowest BCUT2D eigenvalue weighted by molar-refractivity contribution is -0.136. The van der Waals surface area contributed by atoms with E-state index in [9.17, 15) is 4.79 Å². The summed E-state index contributed by atoms with van der Waals surface area (Å²) in [6.07, 6.45) is 2.80. The zero-order valence-corrected chi connectivity index (χ0v) is 10.2. The lowest BCUT2D eigenvalue weighted by Crippen LogP contribution is -1.99. The topological polar surface area (TPSA) is 68.5 Å². The molecule has 0 unspecified atom stereocenters. The smallest absolute Gasteiger partial charge is 0.331 e. The lowest BCUT2D eigenvalue weighted by Gasteiger charge is -2.05. The number of carbonyl (C=O) groups is 1. The molecule has 0 amide bonds. The van der Waals surface area contributed by atoms with Crippen molar-refractivity contribution in [1.29, 1.82) is 5.26 Å². The van der Waals surface area contributed by atoms with Crippen molar-refractivity contribution in [3.63, 3.8) is 0 Å². The van der Waals surface area contributed by atoms with Gasteiger partial charge in [-0.2, -0.15) is 5.26 Å². The SMILES string of the molecule is COc1cc(/C=C/C(=O)OCC#N)cc(OC)c1. The second kappa shape index (κ2) is 6.97. The Morgan fingerprint density at radius 3 is 2.39 bits per heavy atom. The number of ether oxygens (including phenoxy) is 3. The molecule has 0 saturated carbocycles. The van der Waals surface area contributed by atoms with E-state index in [1.165, 1.54) is 6.08 Å². The van der Waals surface area contributed by atoms with Crippen LogP contribution in [-0.2, 0) is 9.53 Å². The molecule has 0 heterocycles. The van der Waals surface area contributed by atoms with E-state index in [1.54, 1.807) is 44.6 Å². The molecule has 0 fully saturated rings. The number of methoxy groups -OCH3 is 2. The molecular formula is C13H13NO4. The number of benzene rings is 1. The Balaban J connectivity index is 2.80. The lowest BCUT2D eigenvalue weighted by atomic mass is 10.2. The van der Waals surface area contributed by atoms with Gasteiger partial charge in [0.1, 0.15) is 17.6 Å². The molecule has 18 heavy (non-hydrogen) atoms. The first-order valence-corrected chi connectivity index (χ1v) is 5.14. The molecule has 94 valence electrons. The Labute approximate surface area is 105 Å². The molecular weight excluding hydrogens is 234 g/mol. The fraction of sp³-hybridized carbons (Fsp3) is 0.231. The van der Waals surface area contributed by atoms with Crippen LogP contribution in [0.25, 0.3) is 6.08 Å². The van der Waals surface area contributed by atoms with Crippen molar-refractivity contribution in [2.45, 2.75) is 0 Å². The van der Waals surface area contributed by atoms with Crippen molar-refractivity contribution in [1.82, 2.24) is 0 Å². The van der Waals surface area contributed by atoms with Gasteiger partial charge in [-0.05, 0) is 23.8 Å². The minimum absolute atomic E-state index is 0.259. The molecule has 5 nitrogen and oxygen atoms in total. The molecule has 1 aromatic rings. The third-order valence-electron chi connectivity index (χ3n) is 2.06. The minimum Gasteiger partial charge on any atom is -0.497 e. The highest BCUT2D eigenvalue weighted by molar-refractivity contribution is 5.87. The maximum atomic E-state index is 11.2. The quantitative estimate of drug-likeness (QED) is 0.586.